The minimum absolute atomic E-state index is 0.0223. The summed E-state index contributed by atoms with van der Waals surface area (Å²) in [5, 5.41) is 14.0. The van der Waals surface area contributed by atoms with Gasteiger partial charge in [0.1, 0.15) is 6.33 Å². The highest BCUT2D eigenvalue weighted by Gasteiger charge is 2.47. The van der Waals surface area contributed by atoms with E-state index in [1.807, 2.05) is 0 Å². The van der Waals surface area contributed by atoms with Crippen LogP contribution in [0, 0.1) is 15.5 Å². The summed E-state index contributed by atoms with van der Waals surface area (Å²) >= 11 is 0. The highest BCUT2D eigenvalue weighted by molar-refractivity contribution is 5.62. The van der Waals surface area contributed by atoms with Gasteiger partial charge in [0.25, 0.3) is 5.88 Å². The molecule has 0 radical (unpaired) electrons. The molecule has 92 valence electrons. The third-order valence-electron chi connectivity index (χ3n) is 2.99. The van der Waals surface area contributed by atoms with E-state index in [9.17, 15) is 10.1 Å². The van der Waals surface area contributed by atoms with Crippen LogP contribution >= 0.6 is 0 Å². The van der Waals surface area contributed by atoms with Gasteiger partial charge >= 0.3 is 5.69 Å². The third-order valence-corrected chi connectivity index (χ3v) is 2.99. The van der Waals surface area contributed by atoms with Crippen molar-refractivity contribution in [2.24, 2.45) is 5.41 Å². The molecule has 0 aromatic carbocycles. The summed E-state index contributed by atoms with van der Waals surface area (Å²) in [6.07, 6.45) is 2.22. The maximum atomic E-state index is 11.0. The summed E-state index contributed by atoms with van der Waals surface area (Å²) < 4.78 is 4.87. The van der Waals surface area contributed by atoms with Crippen LogP contribution in [-0.2, 0) is 0 Å². The number of aromatic nitrogens is 2. The van der Waals surface area contributed by atoms with Crippen LogP contribution in [0.15, 0.2) is 6.33 Å². The van der Waals surface area contributed by atoms with Gasteiger partial charge in [-0.3, -0.25) is 10.1 Å². The second-order valence-corrected chi connectivity index (χ2v) is 4.73. The smallest absolute Gasteiger partial charge is 0.372 e. The molecule has 1 atom stereocenters. The van der Waals surface area contributed by atoms with Crippen LogP contribution in [0.1, 0.15) is 20.3 Å². The predicted octanol–water partition coefficient (Wildman–Crippen LogP) is 1.60. The van der Waals surface area contributed by atoms with E-state index in [4.69, 9.17) is 4.74 Å². The zero-order valence-corrected chi connectivity index (χ0v) is 9.93. The standard InChI is InChI=1S/C10H14N4O3/c1-10(2)4-6(10)13-8-7(14(15)16)9(17-3)12-5-11-8/h5-6H,4H2,1-3H3,(H,11,12,13). The average molecular weight is 238 g/mol. The molecule has 1 aromatic rings. The molecule has 0 amide bonds. The molecule has 1 unspecified atom stereocenters. The number of nitrogens with zero attached hydrogens (tertiary/aromatic N) is 3. The molecule has 7 heteroatoms. The summed E-state index contributed by atoms with van der Waals surface area (Å²) in [6, 6.07) is 0.209. The number of methoxy groups -OCH3 is 1. The van der Waals surface area contributed by atoms with Crippen molar-refractivity contribution < 1.29 is 9.66 Å². The van der Waals surface area contributed by atoms with Crippen LogP contribution in [0.5, 0.6) is 5.88 Å². The van der Waals surface area contributed by atoms with Crippen molar-refractivity contribution in [3.63, 3.8) is 0 Å². The van der Waals surface area contributed by atoms with Crippen LogP contribution < -0.4 is 10.1 Å². The number of hydrogen-bond donors (Lipinski definition) is 1. The molecule has 0 saturated heterocycles. The lowest BCUT2D eigenvalue weighted by atomic mass is 10.2. The maximum Gasteiger partial charge on any atom is 0.372 e. The van der Waals surface area contributed by atoms with E-state index in [0.29, 0.717) is 0 Å². The van der Waals surface area contributed by atoms with Crippen LogP contribution in [0.4, 0.5) is 11.5 Å². The van der Waals surface area contributed by atoms with E-state index >= 15 is 0 Å². The topological polar surface area (TPSA) is 90.2 Å². The SMILES string of the molecule is COc1ncnc(NC2CC2(C)C)c1[N+](=O)[O-]. The number of nitro groups is 1. The van der Waals surface area contributed by atoms with Crippen LogP contribution in [0.2, 0.25) is 0 Å². The Morgan fingerprint density at radius 3 is 2.71 bits per heavy atom. The van der Waals surface area contributed by atoms with Crippen molar-refractivity contribution >= 4 is 11.5 Å². The Hall–Kier alpha value is -1.92. The first kappa shape index (κ1) is 11.6. The zero-order chi connectivity index (χ0) is 12.6. The number of anilines is 1. The zero-order valence-electron chi connectivity index (χ0n) is 9.93. The Balaban J connectivity index is 2.30. The van der Waals surface area contributed by atoms with Crippen molar-refractivity contribution in [2.45, 2.75) is 26.3 Å². The number of rotatable bonds is 4. The van der Waals surface area contributed by atoms with Crippen molar-refractivity contribution in [2.75, 3.05) is 12.4 Å². The fourth-order valence-electron chi connectivity index (χ4n) is 1.66. The molecule has 7 nitrogen and oxygen atoms in total. The largest absolute Gasteiger partial charge is 0.476 e. The molecule has 1 aromatic heterocycles. The highest BCUT2D eigenvalue weighted by Crippen LogP contribution is 2.47. The van der Waals surface area contributed by atoms with Gasteiger partial charge in [-0.2, -0.15) is 4.98 Å². The lowest BCUT2D eigenvalue weighted by molar-refractivity contribution is -0.385. The first-order valence-corrected chi connectivity index (χ1v) is 5.25. The van der Waals surface area contributed by atoms with E-state index in [1.165, 1.54) is 13.4 Å². The maximum absolute atomic E-state index is 11.0. The molecule has 0 aliphatic heterocycles. The Bertz CT molecular complexity index is 461. The molecular weight excluding hydrogens is 224 g/mol. The van der Waals surface area contributed by atoms with E-state index in [0.717, 1.165) is 6.42 Å². The second kappa shape index (κ2) is 3.83. The monoisotopic (exact) mass is 238 g/mol. The quantitative estimate of drug-likeness (QED) is 0.633. The van der Waals surface area contributed by atoms with Gasteiger partial charge in [-0.15, -0.1) is 0 Å². The third kappa shape index (κ3) is 2.13. The van der Waals surface area contributed by atoms with E-state index in [2.05, 4.69) is 29.1 Å². The van der Waals surface area contributed by atoms with Crippen LogP contribution in [-0.4, -0.2) is 28.0 Å². The van der Waals surface area contributed by atoms with Gasteiger partial charge in [-0.1, -0.05) is 13.8 Å². The molecule has 1 heterocycles. The first-order valence-electron chi connectivity index (χ1n) is 5.25. The van der Waals surface area contributed by atoms with Gasteiger partial charge < -0.3 is 10.1 Å². The Labute approximate surface area is 98.4 Å². The predicted molar refractivity (Wildman–Crippen MR) is 61.0 cm³/mol. The highest BCUT2D eigenvalue weighted by atomic mass is 16.6. The minimum atomic E-state index is -0.531. The molecule has 1 fully saturated rings. The normalized spacial score (nSPS) is 20.8. The van der Waals surface area contributed by atoms with E-state index in [1.54, 1.807) is 0 Å². The molecule has 17 heavy (non-hydrogen) atoms. The van der Waals surface area contributed by atoms with E-state index in [-0.39, 0.29) is 28.8 Å². The molecule has 2 rings (SSSR count). The lowest BCUT2D eigenvalue weighted by Gasteiger charge is -2.08. The molecular formula is C10H14N4O3. The molecule has 1 N–H and O–H groups in total. The van der Waals surface area contributed by atoms with Gasteiger partial charge in [0.15, 0.2) is 0 Å². The van der Waals surface area contributed by atoms with Gasteiger partial charge in [-0.25, -0.2) is 4.98 Å². The minimum Gasteiger partial charge on any atom is -0.476 e. The van der Waals surface area contributed by atoms with Crippen molar-refractivity contribution in [1.82, 2.24) is 9.97 Å². The molecule has 0 bridgehead atoms. The summed E-state index contributed by atoms with van der Waals surface area (Å²) in [4.78, 5) is 18.1. The number of ether oxygens (including phenoxy) is 1. The van der Waals surface area contributed by atoms with Crippen molar-refractivity contribution in [3.05, 3.63) is 16.4 Å². The Morgan fingerprint density at radius 1 is 1.59 bits per heavy atom. The fourth-order valence-corrected chi connectivity index (χ4v) is 1.66. The summed E-state index contributed by atoms with van der Waals surface area (Å²) in [5.41, 5.74) is -0.0517. The number of hydrogen-bond acceptors (Lipinski definition) is 6. The van der Waals surface area contributed by atoms with Crippen molar-refractivity contribution in [1.29, 1.82) is 0 Å². The fraction of sp³-hybridized carbons (Fsp3) is 0.600. The van der Waals surface area contributed by atoms with Crippen molar-refractivity contribution in [3.8, 4) is 5.88 Å². The van der Waals surface area contributed by atoms with Gasteiger partial charge in [0.2, 0.25) is 5.82 Å². The molecule has 1 aliphatic carbocycles. The van der Waals surface area contributed by atoms with Crippen LogP contribution in [0.3, 0.4) is 0 Å². The van der Waals surface area contributed by atoms with Gasteiger partial charge in [-0.05, 0) is 11.8 Å². The average Bonchev–Trinajstić information content (AvgIpc) is 2.85. The summed E-state index contributed by atoms with van der Waals surface area (Å²) in [5.74, 6) is 0.198. The molecule has 1 aliphatic rings. The molecule has 1 saturated carbocycles. The van der Waals surface area contributed by atoms with Gasteiger partial charge in [0.05, 0.1) is 12.0 Å². The van der Waals surface area contributed by atoms with Crippen LogP contribution in [0.25, 0.3) is 0 Å². The first-order chi connectivity index (χ1) is 7.95. The Kier molecular flexibility index (Phi) is 2.60. The van der Waals surface area contributed by atoms with Gasteiger partial charge in [0, 0.05) is 6.04 Å². The summed E-state index contributed by atoms with van der Waals surface area (Å²) in [6.45, 7) is 4.18. The second-order valence-electron chi connectivity index (χ2n) is 4.73. The molecule has 0 spiro atoms. The van der Waals surface area contributed by atoms with E-state index < -0.39 is 4.92 Å². The number of nitrogens with one attached hydrogen (secondary N) is 1. The Morgan fingerprint density at radius 2 is 2.24 bits per heavy atom. The lowest BCUT2D eigenvalue weighted by Crippen LogP contribution is -2.12. The summed E-state index contributed by atoms with van der Waals surface area (Å²) in [7, 11) is 1.35.